The van der Waals surface area contributed by atoms with Gasteiger partial charge in [0, 0.05) is 18.1 Å². The molecule has 3 heteroatoms. The van der Waals surface area contributed by atoms with Gasteiger partial charge >= 0.3 is 0 Å². The molecular weight excluding hydrogens is 344 g/mol. The van der Waals surface area contributed by atoms with Gasteiger partial charge < -0.3 is 15.0 Å². The summed E-state index contributed by atoms with van der Waals surface area (Å²) in [5.41, 5.74) is 6.19. The summed E-state index contributed by atoms with van der Waals surface area (Å²) in [6.45, 7) is 4.53. The fourth-order valence-corrected chi connectivity index (χ4v) is 3.53. The van der Waals surface area contributed by atoms with Crippen LogP contribution in [0.3, 0.4) is 0 Å². The maximum Gasteiger partial charge on any atom is 0.129 e. The second-order valence-corrected chi connectivity index (χ2v) is 7.13. The van der Waals surface area contributed by atoms with E-state index in [1.807, 2.05) is 18.2 Å². The van der Waals surface area contributed by atoms with Crippen molar-refractivity contribution < 1.29 is 4.74 Å². The predicted octanol–water partition coefficient (Wildman–Crippen LogP) is 5.39. The van der Waals surface area contributed by atoms with E-state index in [-0.39, 0.29) is 0 Å². The molecule has 3 aromatic carbocycles. The fraction of sp³-hybridized carbons (Fsp3) is 0.200. The van der Waals surface area contributed by atoms with Crippen LogP contribution in [0.4, 0.5) is 0 Å². The molecule has 0 amide bonds. The predicted molar refractivity (Wildman–Crippen MR) is 116 cm³/mol. The maximum atomic E-state index is 6.19. The molecule has 0 radical (unpaired) electrons. The van der Waals surface area contributed by atoms with E-state index in [4.69, 9.17) is 4.74 Å². The Morgan fingerprint density at radius 2 is 1.57 bits per heavy atom. The highest BCUT2D eigenvalue weighted by Gasteiger charge is 2.12. The van der Waals surface area contributed by atoms with Gasteiger partial charge in [-0.2, -0.15) is 0 Å². The summed E-state index contributed by atoms with van der Waals surface area (Å²) in [7, 11) is 0. The largest absolute Gasteiger partial charge is 0.488 e. The second-order valence-electron chi connectivity index (χ2n) is 7.13. The first-order valence-electron chi connectivity index (χ1n) is 9.82. The number of aromatic nitrogens is 1. The summed E-state index contributed by atoms with van der Waals surface area (Å²) in [6, 6.07) is 25.0. The molecule has 3 nitrogen and oxygen atoms in total. The van der Waals surface area contributed by atoms with Crippen LogP contribution in [0.25, 0.3) is 10.9 Å². The number of hydrogen-bond acceptors (Lipinski definition) is 2. The molecule has 0 aliphatic carbocycles. The van der Waals surface area contributed by atoms with Gasteiger partial charge in [-0.1, -0.05) is 66.7 Å². The Kier molecular flexibility index (Phi) is 5.74. The molecule has 0 spiro atoms. The van der Waals surface area contributed by atoms with Gasteiger partial charge in [0.25, 0.3) is 0 Å². The van der Waals surface area contributed by atoms with Gasteiger partial charge in [-0.25, -0.2) is 0 Å². The molecule has 1 aromatic heterocycles. The van der Waals surface area contributed by atoms with Crippen LogP contribution >= 0.6 is 0 Å². The maximum absolute atomic E-state index is 6.19. The number of ether oxygens (including phenoxy) is 1. The van der Waals surface area contributed by atoms with Crippen LogP contribution in [-0.2, 0) is 19.6 Å². The van der Waals surface area contributed by atoms with Crippen molar-refractivity contribution in [3.63, 3.8) is 0 Å². The summed E-state index contributed by atoms with van der Waals surface area (Å²) in [4.78, 5) is 3.45. The van der Waals surface area contributed by atoms with E-state index in [2.05, 4.69) is 78.0 Å². The van der Waals surface area contributed by atoms with Gasteiger partial charge in [0.15, 0.2) is 0 Å². The molecule has 2 N–H and O–H groups in total. The van der Waals surface area contributed by atoms with Crippen LogP contribution in [-0.4, -0.2) is 11.5 Å². The summed E-state index contributed by atoms with van der Waals surface area (Å²) in [5.74, 6) is 0.948. The smallest absolute Gasteiger partial charge is 0.129 e. The Morgan fingerprint density at radius 3 is 2.32 bits per heavy atom. The van der Waals surface area contributed by atoms with E-state index in [0.29, 0.717) is 6.61 Å². The summed E-state index contributed by atoms with van der Waals surface area (Å²) in [5, 5.41) is 4.75. The van der Waals surface area contributed by atoms with E-state index < -0.39 is 0 Å². The highest BCUT2D eigenvalue weighted by Crippen LogP contribution is 2.32. The quantitative estimate of drug-likeness (QED) is 0.408. The summed E-state index contributed by atoms with van der Waals surface area (Å²) in [6.07, 6.45) is 3.08. The number of aromatic amines is 1. The molecule has 0 saturated carbocycles. The number of H-pyrrole nitrogens is 1. The number of benzene rings is 3. The van der Waals surface area contributed by atoms with Gasteiger partial charge in [0.2, 0.25) is 0 Å². The fourth-order valence-electron chi connectivity index (χ4n) is 3.53. The van der Waals surface area contributed by atoms with Crippen LogP contribution in [0.15, 0.2) is 79.0 Å². The number of aryl methyl sites for hydroxylation is 1. The lowest BCUT2D eigenvalue weighted by molar-refractivity contribution is 0.310. The van der Waals surface area contributed by atoms with Crippen LogP contribution in [0, 0.1) is 6.92 Å². The highest BCUT2D eigenvalue weighted by molar-refractivity contribution is 5.91. The van der Waals surface area contributed by atoms with E-state index in [0.717, 1.165) is 25.3 Å². The van der Waals surface area contributed by atoms with Crippen molar-refractivity contribution in [3.05, 3.63) is 101 Å². The lowest BCUT2D eigenvalue weighted by atomic mass is 10.1. The first kappa shape index (κ1) is 18.3. The molecule has 1 heterocycles. The summed E-state index contributed by atoms with van der Waals surface area (Å²) < 4.78 is 6.19. The third kappa shape index (κ3) is 4.26. The topological polar surface area (TPSA) is 37.0 Å². The monoisotopic (exact) mass is 370 g/mol. The minimum Gasteiger partial charge on any atom is -0.488 e. The molecule has 4 rings (SSSR count). The van der Waals surface area contributed by atoms with E-state index in [9.17, 15) is 0 Å². The lowest BCUT2D eigenvalue weighted by Crippen LogP contribution is -2.16. The van der Waals surface area contributed by atoms with Gasteiger partial charge in [-0.05, 0) is 48.2 Å². The molecule has 4 aromatic rings. The Bertz CT molecular complexity index is 1020. The highest BCUT2D eigenvalue weighted by atomic mass is 16.5. The van der Waals surface area contributed by atoms with Gasteiger partial charge in [0.05, 0.1) is 5.52 Å². The van der Waals surface area contributed by atoms with Crippen LogP contribution in [0.5, 0.6) is 5.75 Å². The van der Waals surface area contributed by atoms with Crippen molar-refractivity contribution in [1.82, 2.24) is 10.3 Å². The zero-order valence-electron chi connectivity index (χ0n) is 16.2. The second kappa shape index (κ2) is 8.77. The SMILES string of the molecule is Cc1ccc(OCc2ccccc2)c2c(CCNCc3ccccc3)c[nH]c12. The number of fused-ring (bicyclic) bond motifs is 1. The van der Waals surface area contributed by atoms with E-state index in [1.165, 1.54) is 33.2 Å². The van der Waals surface area contributed by atoms with Crippen molar-refractivity contribution in [2.75, 3.05) is 6.54 Å². The van der Waals surface area contributed by atoms with Gasteiger partial charge in [0.1, 0.15) is 12.4 Å². The molecule has 0 saturated heterocycles. The minimum absolute atomic E-state index is 0.579. The average Bonchev–Trinajstić information content (AvgIpc) is 3.17. The van der Waals surface area contributed by atoms with Crippen molar-refractivity contribution >= 4 is 10.9 Å². The van der Waals surface area contributed by atoms with Crippen molar-refractivity contribution in [2.24, 2.45) is 0 Å². The third-order valence-electron chi connectivity index (χ3n) is 5.07. The molecule has 0 unspecified atom stereocenters. The van der Waals surface area contributed by atoms with Crippen molar-refractivity contribution in [2.45, 2.75) is 26.5 Å². The van der Waals surface area contributed by atoms with E-state index >= 15 is 0 Å². The molecule has 0 bridgehead atoms. The zero-order valence-corrected chi connectivity index (χ0v) is 16.2. The number of nitrogens with one attached hydrogen (secondary N) is 2. The molecule has 0 aliphatic heterocycles. The van der Waals surface area contributed by atoms with Gasteiger partial charge in [-0.3, -0.25) is 0 Å². The molecule has 0 atom stereocenters. The first-order chi connectivity index (χ1) is 13.8. The third-order valence-corrected chi connectivity index (χ3v) is 5.07. The molecule has 0 fully saturated rings. The van der Waals surface area contributed by atoms with Crippen LogP contribution < -0.4 is 10.1 Å². The Hall–Kier alpha value is -3.04. The Balaban J connectivity index is 1.46. The van der Waals surface area contributed by atoms with Gasteiger partial charge in [-0.15, -0.1) is 0 Å². The van der Waals surface area contributed by atoms with Crippen molar-refractivity contribution in [1.29, 1.82) is 0 Å². The first-order valence-corrected chi connectivity index (χ1v) is 9.82. The molecule has 28 heavy (non-hydrogen) atoms. The number of hydrogen-bond donors (Lipinski definition) is 2. The Morgan fingerprint density at radius 1 is 0.857 bits per heavy atom. The molecular formula is C25H26N2O. The van der Waals surface area contributed by atoms with E-state index in [1.54, 1.807) is 0 Å². The van der Waals surface area contributed by atoms with Crippen LogP contribution in [0.2, 0.25) is 0 Å². The Labute approximate surface area is 166 Å². The standard InChI is InChI=1S/C25H26N2O/c1-19-12-13-23(28-18-21-10-6-3-7-11-21)24-22(17-27-25(19)24)14-15-26-16-20-8-4-2-5-9-20/h2-13,17,26-27H,14-16,18H2,1H3. The molecule has 0 aliphatic rings. The minimum atomic E-state index is 0.579. The van der Waals surface area contributed by atoms with Crippen LogP contribution in [0.1, 0.15) is 22.3 Å². The van der Waals surface area contributed by atoms with Crippen molar-refractivity contribution in [3.8, 4) is 5.75 Å². The summed E-state index contributed by atoms with van der Waals surface area (Å²) >= 11 is 0. The number of rotatable bonds is 8. The normalized spacial score (nSPS) is 11.0. The average molecular weight is 370 g/mol. The zero-order chi connectivity index (χ0) is 19.2. The lowest BCUT2D eigenvalue weighted by Gasteiger charge is -2.11. The molecule has 142 valence electrons.